The van der Waals surface area contributed by atoms with E-state index in [-0.39, 0.29) is 11.8 Å². The molecule has 0 saturated carbocycles. The lowest BCUT2D eigenvalue weighted by Gasteiger charge is -2.23. The van der Waals surface area contributed by atoms with E-state index in [1.54, 1.807) is 12.1 Å². The number of hydrogen-bond donors (Lipinski definition) is 0. The third-order valence-corrected chi connectivity index (χ3v) is 6.66. The molecule has 0 saturated heterocycles. The van der Waals surface area contributed by atoms with Gasteiger partial charge in [-0.25, -0.2) is 0 Å². The van der Waals surface area contributed by atoms with E-state index < -0.39 is 0 Å². The number of aromatic nitrogens is 3. The number of nitrogens with zero attached hydrogens (tertiary/aromatic N) is 4. The molecule has 5 nitrogen and oxygen atoms in total. The van der Waals surface area contributed by atoms with Crippen LogP contribution in [0.15, 0.2) is 47.6 Å². The van der Waals surface area contributed by atoms with Gasteiger partial charge >= 0.3 is 0 Å². The first-order valence-electron chi connectivity index (χ1n) is 9.04. The summed E-state index contributed by atoms with van der Waals surface area (Å²) in [6, 6.07) is 13.9. The van der Waals surface area contributed by atoms with E-state index in [4.69, 9.17) is 11.6 Å². The Morgan fingerprint density at radius 3 is 2.57 bits per heavy atom. The first-order valence-corrected chi connectivity index (χ1v) is 11.2. The summed E-state index contributed by atoms with van der Waals surface area (Å²) in [5.41, 5.74) is 1.18. The highest BCUT2D eigenvalue weighted by Crippen LogP contribution is 2.28. The van der Waals surface area contributed by atoms with Crippen molar-refractivity contribution in [2.75, 3.05) is 19.8 Å². The molecule has 2 heterocycles. The molecule has 28 heavy (non-hydrogen) atoms. The maximum atomic E-state index is 12.5. The van der Waals surface area contributed by atoms with Crippen LogP contribution >= 0.6 is 34.7 Å². The number of ketones is 1. The Morgan fingerprint density at radius 2 is 1.96 bits per heavy atom. The van der Waals surface area contributed by atoms with Gasteiger partial charge < -0.3 is 4.57 Å². The van der Waals surface area contributed by atoms with Crippen molar-refractivity contribution in [3.8, 4) is 0 Å². The second-order valence-corrected chi connectivity index (χ2v) is 9.27. The van der Waals surface area contributed by atoms with E-state index in [0.29, 0.717) is 21.5 Å². The Hall–Kier alpha value is -1.67. The molecule has 0 N–H and O–H groups in total. The molecule has 0 spiro atoms. The van der Waals surface area contributed by atoms with Crippen LogP contribution in [-0.2, 0) is 6.54 Å². The van der Waals surface area contributed by atoms with E-state index in [9.17, 15) is 4.79 Å². The second-order valence-electron chi connectivity index (χ2n) is 6.62. The molecule has 0 fully saturated rings. The average molecular weight is 435 g/mol. The molecule has 0 aliphatic heterocycles. The quantitative estimate of drug-likeness (QED) is 0.349. The topological polar surface area (TPSA) is 51.0 Å². The SMILES string of the molecule is CC[C@@H](c1nnc(SCC(=O)c2ccc(Cl)s2)n1Cc1ccccc1)N(C)C. The van der Waals surface area contributed by atoms with Crippen LogP contribution in [0.4, 0.5) is 0 Å². The zero-order chi connectivity index (χ0) is 20.1. The molecule has 3 aromatic rings. The van der Waals surface area contributed by atoms with E-state index in [1.807, 2.05) is 32.3 Å². The lowest BCUT2D eigenvalue weighted by atomic mass is 10.2. The Labute approximate surface area is 178 Å². The van der Waals surface area contributed by atoms with Gasteiger partial charge in [0, 0.05) is 0 Å². The van der Waals surface area contributed by atoms with E-state index in [0.717, 1.165) is 17.4 Å². The summed E-state index contributed by atoms with van der Waals surface area (Å²) >= 11 is 8.68. The van der Waals surface area contributed by atoms with Crippen LogP contribution < -0.4 is 0 Å². The van der Waals surface area contributed by atoms with Gasteiger partial charge in [0.05, 0.1) is 27.6 Å². The number of rotatable bonds is 9. The van der Waals surface area contributed by atoms with Crippen molar-refractivity contribution in [2.45, 2.75) is 31.1 Å². The molecule has 0 aliphatic rings. The van der Waals surface area contributed by atoms with Crippen molar-refractivity contribution in [2.24, 2.45) is 0 Å². The smallest absolute Gasteiger partial charge is 0.192 e. The largest absolute Gasteiger partial charge is 0.300 e. The Kier molecular flexibility index (Phi) is 7.29. The third kappa shape index (κ3) is 5.03. The fourth-order valence-electron chi connectivity index (χ4n) is 3.01. The van der Waals surface area contributed by atoms with Crippen LogP contribution in [0.2, 0.25) is 4.34 Å². The molecule has 2 aromatic heterocycles. The molecule has 8 heteroatoms. The summed E-state index contributed by atoms with van der Waals surface area (Å²) in [6.07, 6.45) is 0.928. The minimum atomic E-state index is 0.0531. The van der Waals surface area contributed by atoms with Crippen LogP contribution in [0.5, 0.6) is 0 Å². The van der Waals surface area contributed by atoms with Gasteiger partial charge in [-0.15, -0.1) is 21.5 Å². The van der Waals surface area contributed by atoms with Crippen molar-refractivity contribution in [1.29, 1.82) is 0 Å². The maximum Gasteiger partial charge on any atom is 0.192 e. The Morgan fingerprint density at radius 1 is 1.21 bits per heavy atom. The molecule has 0 radical (unpaired) electrons. The van der Waals surface area contributed by atoms with Crippen molar-refractivity contribution in [3.05, 3.63) is 63.1 Å². The third-order valence-electron chi connectivity index (χ3n) is 4.42. The summed E-state index contributed by atoms with van der Waals surface area (Å²) < 4.78 is 2.75. The number of carbonyl (C=O) groups is 1. The van der Waals surface area contributed by atoms with Crippen molar-refractivity contribution in [3.63, 3.8) is 0 Å². The fourth-order valence-corrected chi connectivity index (χ4v) is 4.91. The van der Waals surface area contributed by atoms with Crippen molar-refractivity contribution < 1.29 is 4.79 Å². The van der Waals surface area contributed by atoms with E-state index >= 15 is 0 Å². The minimum absolute atomic E-state index is 0.0531. The summed E-state index contributed by atoms with van der Waals surface area (Å²) in [5.74, 6) is 1.28. The average Bonchev–Trinajstić information content (AvgIpc) is 3.28. The highest BCUT2D eigenvalue weighted by atomic mass is 35.5. The Bertz CT molecular complexity index is 923. The van der Waals surface area contributed by atoms with Crippen LogP contribution in [0.3, 0.4) is 0 Å². The zero-order valence-corrected chi connectivity index (χ0v) is 18.5. The van der Waals surface area contributed by atoms with Gasteiger partial charge in [-0.3, -0.25) is 9.69 Å². The molecule has 1 atom stereocenters. The monoisotopic (exact) mass is 434 g/mol. The summed E-state index contributed by atoms with van der Waals surface area (Å²) in [4.78, 5) is 15.3. The van der Waals surface area contributed by atoms with Gasteiger partial charge in [-0.05, 0) is 38.2 Å². The summed E-state index contributed by atoms with van der Waals surface area (Å²) in [6.45, 7) is 2.82. The number of carbonyl (C=O) groups excluding carboxylic acids is 1. The van der Waals surface area contributed by atoms with E-state index in [1.165, 1.54) is 28.7 Å². The maximum absolute atomic E-state index is 12.5. The predicted octanol–water partition coefficient (Wildman–Crippen LogP) is 5.03. The molecule has 0 amide bonds. The lowest BCUT2D eigenvalue weighted by Crippen LogP contribution is -2.23. The molecule has 3 rings (SSSR count). The fraction of sp³-hybridized carbons (Fsp3) is 0.350. The molecular formula is C20H23ClN4OS2. The standard InChI is InChI=1S/C20H23ClN4OS2/c1-4-15(24(2)3)19-22-23-20(25(19)12-14-8-6-5-7-9-14)27-13-16(26)17-10-11-18(21)28-17/h5-11,15H,4,12-13H2,1-3H3/t15-/m0/s1. The van der Waals surface area contributed by atoms with Gasteiger partial charge in [0.2, 0.25) is 0 Å². The number of benzene rings is 1. The van der Waals surface area contributed by atoms with Crippen molar-refractivity contribution in [1.82, 2.24) is 19.7 Å². The van der Waals surface area contributed by atoms with Crippen LogP contribution in [0, 0.1) is 0 Å². The number of halogens is 1. The highest BCUT2D eigenvalue weighted by Gasteiger charge is 2.23. The Balaban J connectivity index is 1.85. The van der Waals surface area contributed by atoms with E-state index in [2.05, 4.69) is 38.7 Å². The minimum Gasteiger partial charge on any atom is -0.300 e. The van der Waals surface area contributed by atoms with Crippen molar-refractivity contribution >= 4 is 40.5 Å². The zero-order valence-electron chi connectivity index (χ0n) is 16.1. The van der Waals surface area contributed by atoms with Gasteiger partial charge in [0.25, 0.3) is 0 Å². The number of Topliss-reactive ketones (excluding diaryl/α,β-unsaturated/α-hetero) is 1. The normalized spacial score (nSPS) is 12.5. The number of thiophene rings is 1. The molecule has 0 unspecified atom stereocenters. The van der Waals surface area contributed by atoms with Gasteiger partial charge in [0.15, 0.2) is 16.8 Å². The summed E-state index contributed by atoms with van der Waals surface area (Å²) in [7, 11) is 4.10. The van der Waals surface area contributed by atoms with Crippen LogP contribution in [0.1, 0.15) is 40.4 Å². The van der Waals surface area contributed by atoms with Gasteiger partial charge in [-0.2, -0.15) is 0 Å². The van der Waals surface area contributed by atoms with Gasteiger partial charge in [0.1, 0.15) is 0 Å². The first-order chi connectivity index (χ1) is 13.5. The lowest BCUT2D eigenvalue weighted by molar-refractivity contribution is 0.102. The van der Waals surface area contributed by atoms with Crippen LogP contribution in [0.25, 0.3) is 0 Å². The molecule has 0 aliphatic carbocycles. The number of hydrogen-bond acceptors (Lipinski definition) is 6. The first kappa shape index (κ1) is 21.0. The molecule has 148 valence electrons. The highest BCUT2D eigenvalue weighted by molar-refractivity contribution is 7.99. The molecule has 0 bridgehead atoms. The van der Waals surface area contributed by atoms with Crippen LogP contribution in [-0.4, -0.2) is 45.3 Å². The second kappa shape index (κ2) is 9.69. The molecule has 1 aromatic carbocycles. The number of thioether (sulfide) groups is 1. The van der Waals surface area contributed by atoms with Gasteiger partial charge in [-0.1, -0.05) is 60.6 Å². The predicted molar refractivity (Wildman–Crippen MR) is 117 cm³/mol. The summed E-state index contributed by atoms with van der Waals surface area (Å²) in [5, 5.41) is 9.65. The molecular weight excluding hydrogens is 412 g/mol.